The van der Waals surface area contributed by atoms with Gasteiger partial charge in [0.2, 0.25) is 5.69 Å². The number of hydrogen-bond acceptors (Lipinski definition) is 2. The minimum Gasteiger partial charge on any atom is -0.281 e. The van der Waals surface area contributed by atoms with E-state index in [4.69, 9.17) is 0 Å². The molecule has 0 aliphatic carbocycles. The normalized spacial score (nSPS) is 12.7. The van der Waals surface area contributed by atoms with Gasteiger partial charge in [0.1, 0.15) is 28.8 Å². The van der Waals surface area contributed by atoms with Crippen molar-refractivity contribution in [2.24, 2.45) is 7.05 Å². The van der Waals surface area contributed by atoms with Gasteiger partial charge in [-0.05, 0) is 54.7 Å². The molecule has 0 aliphatic heterocycles. The topological polar surface area (TPSA) is 21.2 Å². The lowest BCUT2D eigenvalue weighted by molar-refractivity contribution is -0.660. The van der Waals surface area contributed by atoms with Gasteiger partial charge >= 0.3 is 6.18 Å². The standard InChI is InChI=1S/C26H25F3N3S/c1-13(2)19-11-20(14(3)17-9-7-8-10-18(17)19)22-23-24(21(12-31(22)6)26(27,28)29)33-25-15(4)30-16(5)32(23)25/h7-13H,1-6H3/q+1. The summed E-state index contributed by atoms with van der Waals surface area (Å²) in [6.45, 7) is 10.1. The van der Waals surface area contributed by atoms with Crippen molar-refractivity contribution < 1.29 is 17.7 Å². The van der Waals surface area contributed by atoms with Gasteiger partial charge in [0.25, 0.3) is 0 Å². The van der Waals surface area contributed by atoms with E-state index in [2.05, 4.69) is 44.0 Å². The van der Waals surface area contributed by atoms with Crippen LogP contribution in [-0.2, 0) is 13.2 Å². The molecule has 33 heavy (non-hydrogen) atoms. The van der Waals surface area contributed by atoms with Crippen molar-refractivity contribution in [1.29, 1.82) is 0 Å². The van der Waals surface area contributed by atoms with Crippen LogP contribution < -0.4 is 4.57 Å². The molecule has 5 aromatic rings. The number of fused-ring (bicyclic) bond motifs is 4. The summed E-state index contributed by atoms with van der Waals surface area (Å²) in [7, 11) is 1.70. The van der Waals surface area contributed by atoms with Crippen LogP contribution in [0.3, 0.4) is 0 Å². The molecule has 170 valence electrons. The van der Waals surface area contributed by atoms with E-state index >= 15 is 0 Å². The van der Waals surface area contributed by atoms with Crippen molar-refractivity contribution in [3.63, 3.8) is 0 Å². The Morgan fingerprint density at radius 1 is 1.06 bits per heavy atom. The summed E-state index contributed by atoms with van der Waals surface area (Å²) in [6.07, 6.45) is -3.22. The number of benzene rings is 2. The van der Waals surface area contributed by atoms with Gasteiger partial charge in [-0.2, -0.15) is 17.7 Å². The van der Waals surface area contributed by atoms with Crippen LogP contribution in [0.25, 0.3) is 37.1 Å². The van der Waals surface area contributed by atoms with E-state index in [0.29, 0.717) is 11.3 Å². The van der Waals surface area contributed by atoms with Crippen LogP contribution >= 0.6 is 11.3 Å². The first kappa shape index (κ1) is 21.9. The van der Waals surface area contributed by atoms with E-state index in [1.54, 1.807) is 11.6 Å². The average Bonchev–Trinajstić information content (AvgIpc) is 3.25. The number of aromatic nitrogens is 3. The molecule has 0 N–H and O–H groups in total. The molecule has 3 heterocycles. The van der Waals surface area contributed by atoms with E-state index in [1.165, 1.54) is 28.5 Å². The molecule has 0 saturated carbocycles. The summed E-state index contributed by atoms with van der Waals surface area (Å²) in [6, 6.07) is 10.4. The van der Waals surface area contributed by atoms with Crippen molar-refractivity contribution in [2.75, 3.05) is 0 Å². The van der Waals surface area contributed by atoms with E-state index in [-0.39, 0.29) is 10.6 Å². The summed E-state index contributed by atoms with van der Waals surface area (Å²) < 4.78 is 46.1. The molecule has 0 spiro atoms. The molecule has 5 rings (SSSR count). The number of thiazole rings is 1. The van der Waals surface area contributed by atoms with Crippen LogP contribution in [-0.4, -0.2) is 9.38 Å². The largest absolute Gasteiger partial charge is 0.423 e. The van der Waals surface area contributed by atoms with Gasteiger partial charge in [0.15, 0.2) is 6.20 Å². The number of imidazole rings is 1. The predicted octanol–water partition coefficient (Wildman–Crippen LogP) is 7.26. The zero-order valence-electron chi connectivity index (χ0n) is 19.4. The maximum atomic E-state index is 14.1. The maximum Gasteiger partial charge on any atom is 0.423 e. The van der Waals surface area contributed by atoms with Crippen LogP contribution in [0, 0.1) is 20.8 Å². The molecule has 0 unspecified atom stereocenters. The number of pyridine rings is 1. The number of hydrogen-bond donors (Lipinski definition) is 0. The molecule has 0 saturated heterocycles. The van der Waals surface area contributed by atoms with Crippen molar-refractivity contribution in [3.8, 4) is 11.3 Å². The SMILES string of the molecule is Cc1c(-c2c3c(sc4c(C)nc(C)n43)c(C(F)(F)F)c[n+]2C)cc(C(C)C)c2ccccc12. The third kappa shape index (κ3) is 3.16. The molecule has 3 nitrogen and oxygen atoms in total. The maximum absolute atomic E-state index is 14.1. The Bertz CT molecular complexity index is 1570. The molecule has 0 fully saturated rings. The molecule has 0 aliphatic rings. The Hall–Kier alpha value is -2.93. The van der Waals surface area contributed by atoms with Gasteiger partial charge in [-0.1, -0.05) is 38.1 Å². The first-order chi connectivity index (χ1) is 15.5. The Balaban J connectivity index is 2.02. The van der Waals surface area contributed by atoms with Gasteiger partial charge in [0, 0.05) is 0 Å². The second-order valence-corrected chi connectivity index (χ2v) is 10.0. The lowest BCUT2D eigenvalue weighted by Gasteiger charge is -2.17. The molecular formula is C26H25F3N3S+. The highest BCUT2D eigenvalue weighted by Gasteiger charge is 2.39. The number of nitrogens with zero attached hydrogens (tertiary/aromatic N) is 3. The van der Waals surface area contributed by atoms with Crippen molar-refractivity contribution in [3.05, 3.63) is 64.7 Å². The van der Waals surface area contributed by atoms with Crippen molar-refractivity contribution in [1.82, 2.24) is 9.38 Å². The predicted molar refractivity (Wildman–Crippen MR) is 128 cm³/mol. The Labute approximate surface area is 194 Å². The number of halogens is 3. The number of alkyl halides is 3. The van der Waals surface area contributed by atoms with Crippen LogP contribution in [0.15, 0.2) is 36.5 Å². The van der Waals surface area contributed by atoms with Gasteiger partial charge in [-0.15, -0.1) is 11.3 Å². The lowest BCUT2D eigenvalue weighted by Crippen LogP contribution is -2.33. The van der Waals surface area contributed by atoms with Crippen LogP contribution in [0.4, 0.5) is 13.2 Å². The minimum absolute atomic E-state index is 0.248. The van der Waals surface area contributed by atoms with Crippen LogP contribution in [0.2, 0.25) is 0 Å². The first-order valence-corrected chi connectivity index (χ1v) is 11.7. The van der Waals surface area contributed by atoms with E-state index < -0.39 is 11.7 Å². The Morgan fingerprint density at radius 3 is 2.36 bits per heavy atom. The highest BCUT2D eigenvalue weighted by atomic mass is 32.1. The molecule has 3 aromatic heterocycles. The second-order valence-electron chi connectivity index (χ2n) is 9.00. The van der Waals surface area contributed by atoms with E-state index in [0.717, 1.165) is 32.7 Å². The minimum atomic E-state index is -4.45. The third-order valence-electron chi connectivity index (χ3n) is 6.48. The van der Waals surface area contributed by atoms with Gasteiger partial charge in [-0.3, -0.25) is 4.40 Å². The monoisotopic (exact) mass is 468 g/mol. The third-order valence-corrected chi connectivity index (χ3v) is 7.76. The summed E-state index contributed by atoms with van der Waals surface area (Å²) in [4.78, 5) is 5.31. The second kappa shape index (κ2) is 7.29. The fourth-order valence-corrected chi connectivity index (χ4v) is 6.21. The highest BCUT2D eigenvalue weighted by molar-refractivity contribution is 7.24. The first-order valence-electron chi connectivity index (χ1n) is 10.9. The highest BCUT2D eigenvalue weighted by Crippen LogP contribution is 2.44. The zero-order valence-corrected chi connectivity index (χ0v) is 20.2. The van der Waals surface area contributed by atoms with Crippen molar-refractivity contribution in [2.45, 2.75) is 46.7 Å². The quantitative estimate of drug-likeness (QED) is 0.250. The van der Waals surface area contributed by atoms with Crippen molar-refractivity contribution >= 4 is 37.2 Å². The average molecular weight is 469 g/mol. The van der Waals surface area contributed by atoms with Gasteiger partial charge < -0.3 is 0 Å². The van der Waals surface area contributed by atoms with E-state index in [1.807, 2.05) is 30.4 Å². The molecule has 0 bridgehead atoms. The zero-order chi connectivity index (χ0) is 23.8. The fraction of sp³-hybridized carbons (Fsp3) is 0.308. The Morgan fingerprint density at radius 2 is 1.73 bits per heavy atom. The molecule has 2 aromatic carbocycles. The van der Waals surface area contributed by atoms with E-state index in [9.17, 15) is 13.2 Å². The summed E-state index contributed by atoms with van der Waals surface area (Å²) in [5.74, 6) is 0.959. The summed E-state index contributed by atoms with van der Waals surface area (Å²) in [5.41, 5.74) is 4.66. The Kier molecular flexibility index (Phi) is 4.83. The smallest absolute Gasteiger partial charge is 0.281 e. The van der Waals surface area contributed by atoms with Gasteiger partial charge in [-0.25, -0.2) is 4.98 Å². The molecular weight excluding hydrogens is 443 g/mol. The molecule has 0 radical (unpaired) electrons. The molecule has 0 amide bonds. The summed E-state index contributed by atoms with van der Waals surface area (Å²) >= 11 is 1.17. The molecule has 0 atom stereocenters. The molecule has 7 heteroatoms. The van der Waals surface area contributed by atoms with Crippen LogP contribution in [0.1, 0.15) is 48.0 Å². The number of rotatable bonds is 2. The lowest BCUT2D eigenvalue weighted by atomic mass is 9.88. The van der Waals surface area contributed by atoms with Crippen LogP contribution in [0.5, 0.6) is 0 Å². The number of aryl methyl sites for hydroxylation is 4. The summed E-state index contributed by atoms with van der Waals surface area (Å²) in [5, 5.41) is 2.31. The van der Waals surface area contributed by atoms with Gasteiger partial charge in [0.05, 0.1) is 16.0 Å². The fourth-order valence-electron chi connectivity index (χ4n) is 4.95.